The summed E-state index contributed by atoms with van der Waals surface area (Å²) in [6, 6.07) is 14.7. The second-order valence-corrected chi connectivity index (χ2v) is 5.73. The van der Waals surface area contributed by atoms with Crippen LogP contribution in [0.25, 0.3) is 11.1 Å². The Balaban J connectivity index is 0.000000307. The van der Waals surface area contributed by atoms with Gasteiger partial charge < -0.3 is 15.3 Å². The molecular formula is C19H22O5. The van der Waals surface area contributed by atoms with Crippen LogP contribution in [0.3, 0.4) is 0 Å². The van der Waals surface area contributed by atoms with Gasteiger partial charge in [0.05, 0.1) is 19.8 Å². The topological polar surface area (TPSA) is 94.8 Å². The molecule has 3 N–H and O–H groups in total. The highest BCUT2D eigenvalue weighted by Gasteiger charge is 2.20. The maximum Gasteiger partial charge on any atom is 0.150 e. The lowest BCUT2D eigenvalue weighted by molar-refractivity contribution is 0.0200. The monoisotopic (exact) mass is 330 g/mol. The zero-order valence-corrected chi connectivity index (χ0v) is 13.6. The lowest BCUT2D eigenvalue weighted by Gasteiger charge is -2.20. The van der Waals surface area contributed by atoms with E-state index in [4.69, 9.17) is 15.3 Å². The zero-order chi connectivity index (χ0) is 18.0. The lowest BCUT2D eigenvalue weighted by atomic mass is 9.95. The molecule has 5 heteroatoms. The smallest absolute Gasteiger partial charge is 0.150 e. The Labute approximate surface area is 141 Å². The van der Waals surface area contributed by atoms with Crippen molar-refractivity contribution in [3.63, 3.8) is 0 Å². The van der Waals surface area contributed by atoms with Crippen molar-refractivity contribution in [1.29, 1.82) is 0 Å². The largest absolute Gasteiger partial charge is 0.396 e. The average Bonchev–Trinajstić information content (AvgIpc) is 2.68. The summed E-state index contributed by atoms with van der Waals surface area (Å²) in [7, 11) is 0. The molecule has 0 saturated heterocycles. The summed E-state index contributed by atoms with van der Waals surface area (Å²) >= 11 is 0. The van der Waals surface area contributed by atoms with Crippen LogP contribution in [-0.2, 0) is 0 Å². The number of hydrogen-bond donors (Lipinski definition) is 3. The van der Waals surface area contributed by atoms with Gasteiger partial charge in [-0.25, -0.2) is 0 Å². The number of hydrogen-bond acceptors (Lipinski definition) is 5. The Morgan fingerprint density at radius 2 is 1.46 bits per heavy atom. The third-order valence-corrected chi connectivity index (χ3v) is 3.57. The highest BCUT2D eigenvalue weighted by atomic mass is 16.3. The molecular weight excluding hydrogens is 308 g/mol. The van der Waals surface area contributed by atoms with Gasteiger partial charge in [-0.15, -0.1) is 0 Å². The van der Waals surface area contributed by atoms with Gasteiger partial charge in [0.2, 0.25) is 0 Å². The molecule has 0 unspecified atom stereocenters. The summed E-state index contributed by atoms with van der Waals surface area (Å²) in [5.74, 6) is 0. The Kier molecular flexibility index (Phi) is 7.98. The second kappa shape index (κ2) is 9.72. The van der Waals surface area contributed by atoms with Gasteiger partial charge in [0.1, 0.15) is 6.29 Å². The third kappa shape index (κ3) is 5.38. The Morgan fingerprint density at radius 1 is 0.875 bits per heavy atom. The minimum Gasteiger partial charge on any atom is -0.396 e. The third-order valence-electron chi connectivity index (χ3n) is 3.57. The number of aldehydes is 2. The standard InChI is InChI=1S/C14H10O2.C5H12O3/c15-9-11-6-7-14(13(8-11)10-16)12-4-2-1-3-5-12;1-5(2-6,3-7)4-8/h1-10H;6-8H,2-4H2,1H3. The summed E-state index contributed by atoms with van der Waals surface area (Å²) in [6.45, 7) is 1.06. The molecule has 0 aliphatic heterocycles. The first-order valence-electron chi connectivity index (χ1n) is 7.46. The number of aliphatic hydroxyl groups excluding tert-OH is 3. The van der Waals surface area contributed by atoms with E-state index in [9.17, 15) is 9.59 Å². The summed E-state index contributed by atoms with van der Waals surface area (Å²) in [5, 5.41) is 25.4. The van der Waals surface area contributed by atoms with Crippen LogP contribution in [0.5, 0.6) is 0 Å². The molecule has 128 valence electrons. The quantitative estimate of drug-likeness (QED) is 0.704. The number of aliphatic hydroxyl groups is 3. The van der Waals surface area contributed by atoms with Crippen molar-refractivity contribution in [3.05, 3.63) is 59.7 Å². The molecule has 0 bridgehead atoms. The van der Waals surface area contributed by atoms with Gasteiger partial charge in [-0.1, -0.05) is 49.4 Å². The molecule has 0 atom stereocenters. The maximum absolute atomic E-state index is 11.0. The maximum atomic E-state index is 11.0. The average molecular weight is 330 g/mol. The fourth-order valence-corrected chi connectivity index (χ4v) is 1.78. The fraction of sp³-hybridized carbons (Fsp3) is 0.263. The Hall–Kier alpha value is -2.34. The molecule has 5 nitrogen and oxygen atoms in total. The van der Waals surface area contributed by atoms with E-state index >= 15 is 0 Å². The van der Waals surface area contributed by atoms with Crippen LogP contribution in [0.1, 0.15) is 27.6 Å². The van der Waals surface area contributed by atoms with Crippen LogP contribution in [0, 0.1) is 5.41 Å². The molecule has 0 spiro atoms. The number of carbonyl (C=O) groups excluding carboxylic acids is 2. The van der Waals surface area contributed by atoms with Crippen molar-refractivity contribution in [2.24, 2.45) is 5.41 Å². The van der Waals surface area contributed by atoms with Crippen LogP contribution in [0.2, 0.25) is 0 Å². The second-order valence-electron chi connectivity index (χ2n) is 5.73. The van der Waals surface area contributed by atoms with Crippen LogP contribution in [-0.4, -0.2) is 47.7 Å². The molecule has 0 amide bonds. The van der Waals surface area contributed by atoms with Gasteiger partial charge in [-0.2, -0.15) is 0 Å². The lowest BCUT2D eigenvalue weighted by Crippen LogP contribution is -2.29. The molecule has 0 fully saturated rings. The van der Waals surface area contributed by atoms with Crippen molar-refractivity contribution in [2.45, 2.75) is 6.92 Å². The molecule has 0 heterocycles. The van der Waals surface area contributed by atoms with E-state index in [0.717, 1.165) is 23.7 Å². The van der Waals surface area contributed by atoms with Gasteiger partial charge >= 0.3 is 0 Å². The van der Waals surface area contributed by atoms with Crippen molar-refractivity contribution >= 4 is 12.6 Å². The van der Waals surface area contributed by atoms with Crippen molar-refractivity contribution in [3.8, 4) is 11.1 Å². The van der Waals surface area contributed by atoms with E-state index in [1.807, 2.05) is 30.3 Å². The molecule has 2 aromatic carbocycles. The molecule has 2 aromatic rings. The predicted octanol–water partition coefficient (Wildman–Crippen LogP) is 1.95. The first kappa shape index (κ1) is 19.7. The molecule has 0 aliphatic carbocycles. The van der Waals surface area contributed by atoms with Gasteiger partial charge in [0.25, 0.3) is 0 Å². The van der Waals surface area contributed by atoms with Gasteiger partial charge in [0.15, 0.2) is 6.29 Å². The number of benzene rings is 2. The van der Waals surface area contributed by atoms with Crippen molar-refractivity contribution in [1.82, 2.24) is 0 Å². The van der Waals surface area contributed by atoms with Crippen LogP contribution < -0.4 is 0 Å². The first-order valence-corrected chi connectivity index (χ1v) is 7.46. The van der Waals surface area contributed by atoms with E-state index in [-0.39, 0.29) is 19.8 Å². The van der Waals surface area contributed by atoms with Gasteiger partial charge in [-0.3, -0.25) is 9.59 Å². The van der Waals surface area contributed by atoms with Gasteiger partial charge in [0, 0.05) is 16.5 Å². The number of carbonyl (C=O) groups is 2. The van der Waals surface area contributed by atoms with E-state index in [1.165, 1.54) is 0 Å². The molecule has 0 saturated carbocycles. The fourth-order valence-electron chi connectivity index (χ4n) is 1.78. The first-order chi connectivity index (χ1) is 11.5. The van der Waals surface area contributed by atoms with Crippen LogP contribution in [0.15, 0.2) is 48.5 Å². The predicted molar refractivity (Wildman–Crippen MR) is 92.0 cm³/mol. The molecule has 2 rings (SSSR count). The van der Waals surface area contributed by atoms with E-state index in [1.54, 1.807) is 25.1 Å². The molecule has 0 radical (unpaired) electrons. The molecule has 24 heavy (non-hydrogen) atoms. The normalized spacial score (nSPS) is 10.5. The minimum absolute atomic E-state index is 0.181. The molecule has 0 aliphatic rings. The Bertz CT molecular complexity index is 640. The van der Waals surface area contributed by atoms with Crippen molar-refractivity contribution in [2.75, 3.05) is 19.8 Å². The van der Waals surface area contributed by atoms with E-state index in [0.29, 0.717) is 11.1 Å². The van der Waals surface area contributed by atoms with E-state index in [2.05, 4.69) is 0 Å². The highest BCUT2D eigenvalue weighted by molar-refractivity contribution is 5.90. The van der Waals surface area contributed by atoms with Gasteiger partial charge in [-0.05, 0) is 17.2 Å². The molecule has 0 aromatic heterocycles. The summed E-state index contributed by atoms with van der Waals surface area (Å²) in [5.41, 5.74) is 2.17. The highest BCUT2D eigenvalue weighted by Crippen LogP contribution is 2.23. The Morgan fingerprint density at radius 3 is 1.88 bits per heavy atom. The van der Waals surface area contributed by atoms with E-state index < -0.39 is 5.41 Å². The van der Waals surface area contributed by atoms with Crippen LogP contribution >= 0.6 is 0 Å². The number of rotatable bonds is 6. The SMILES string of the molecule is CC(CO)(CO)CO.O=Cc1ccc(-c2ccccc2)c(C=O)c1. The summed E-state index contributed by atoms with van der Waals surface area (Å²) < 4.78 is 0. The summed E-state index contributed by atoms with van der Waals surface area (Å²) in [6.07, 6.45) is 1.51. The zero-order valence-electron chi connectivity index (χ0n) is 13.6. The van der Waals surface area contributed by atoms with Crippen LogP contribution in [0.4, 0.5) is 0 Å². The van der Waals surface area contributed by atoms with Crippen molar-refractivity contribution < 1.29 is 24.9 Å². The minimum atomic E-state index is -0.708. The summed E-state index contributed by atoms with van der Waals surface area (Å²) in [4.78, 5) is 21.6.